The molecule has 3 rings (SSSR count). The van der Waals surface area contributed by atoms with Crippen molar-refractivity contribution in [2.75, 3.05) is 32.7 Å². The summed E-state index contributed by atoms with van der Waals surface area (Å²) in [5, 5.41) is 2.58. The lowest BCUT2D eigenvalue weighted by Crippen LogP contribution is -2.52. The van der Waals surface area contributed by atoms with E-state index in [1.165, 1.54) is 21.3 Å². The maximum Gasteiger partial charge on any atom is 0.407 e. The van der Waals surface area contributed by atoms with E-state index in [4.69, 9.17) is 16.3 Å². The number of hydrogen-bond acceptors (Lipinski definition) is 5. The molecular formula is C20H22ClN3O5S. The molecular weight excluding hydrogens is 430 g/mol. The summed E-state index contributed by atoms with van der Waals surface area (Å²) < 4.78 is 31.9. The summed E-state index contributed by atoms with van der Waals surface area (Å²) in [6.07, 6.45) is -0.688. The van der Waals surface area contributed by atoms with Gasteiger partial charge in [0, 0.05) is 26.2 Å². The van der Waals surface area contributed by atoms with Crippen molar-refractivity contribution >= 4 is 33.6 Å². The summed E-state index contributed by atoms with van der Waals surface area (Å²) in [5.41, 5.74) is 0.842. The number of nitrogens with zero attached hydrogens (tertiary/aromatic N) is 2. The highest BCUT2D eigenvalue weighted by Crippen LogP contribution is 2.24. The number of hydrogen-bond donors (Lipinski definition) is 1. The van der Waals surface area contributed by atoms with Gasteiger partial charge in [-0.2, -0.15) is 4.31 Å². The van der Waals surface area contributed by atoms with Gasteiger partial charge in [0.1, 0.15) is 18.0 Å². The molecule has 2 aromatic rings. The van der Waals surface area contributed by atoms with Crippen LogP contribution in [0.4, 0.5) is 4.79 Å². The second-order valence-electron chi connectivity index (χ2n) is 6.63. The number of halogens is 1. The van der Waals surface area contributed by atoms with E-state index in [2.05, 4.69) is 5.32 Å². The van der Waals surface area contributed by atoms with Gasteiger partial charge in [-0.3, -0.25) is 4.79 Å². The molecule has 10 heteroatoms. The Hall–Kier alpha value is -2.62. The van der Waals surface area contributed by atoms with Crippen LogP contribution >= 0.6 is 11.6 Å². The SMILES string of the molecule is O=C(NCC(=O)N1CCN(S(=O)(=O)c2ccccc2Cl)CC1)OCc1ccccc1. The van der Waals surface area contributed by atoms with E-state index in [0.29, 0.717) is 0 Å². The second-order valence-corrected chi connectivity index (χ2v) is 8.94. The summed E-state index contributed by atoms with van der Waals surface area (Å²) in [5.74, 6) is -0.304. The van der Waals surface area contributed by atoms with E-state index < -0.39 is 16.1 Å². The molecule has 0 atom stereocenters. The van der Waals surface area contributed by atoms with Crippen molar-refractivity contribution in [3.05, 3.63) is 65.2 Å². The Labute approximate surface area is 180 Å². The Kier molecular flexibility index (Phi) is 7.30. The number of benzene rings is 2. The fourth-order valence-corrected chi connectivity index (χ4v) is 4.92. The van der Waals surface area contributed by atoms with Crippen LogP contribution in [0.3, 0.4) is 0 Å². The fourth-order valence-electron chi connectivity index (χ4n) is 3.00. The minimum atomic E-state index is -3.73. The average molecular weight is 452 g/mol. The highest BCUT2D eigenvalue weighted by atomic mass is 35.5. The number of amides is 2. The normalized spacial score (nSPS) is 14.9. The van der Waals surface area contributed by atoms with Crippen molar-refractivity contribution in [1.82, 2.24) is 14.5 Å². The summed E-state index contributed by atoms with van der Waals surface area (Å²) in [6.45, 7) is 0.645. The third kappa shape index (κ3) is 5.50. The molecule has 0 radical (unpaired) electrons. The molecule has 1 aliphatic rings. The van der Waals surface area contributed by atoms with Crippen molar-refractivity contribution in [2.45, 2.75) is 11.5 Å². The molecule has 1 heterocycles. The number of carbonyl (C=O) groups excluding carboxylic acids is 2. The van der Waals surface area contributed by atoms with Crippen LogP contribution in [0.5, 0.6) is 0 Å². The van der Waals surface area contributed by atoms with Gasteiger partial charge >= 0.3 is 6.09 Å². The lowest BCUT2D eigenvalue weighted by atomic mass is 10.2. The smallest absolute Gasteiger partial charge is 0.407 e. The molecule has 1 N–H and O–H groups in total. The van der Waals surface area contributed by atoms with E-state index in [-0.39, 0.29) is 55.2 Å². The van der Waals surface area contributed by atoms with Crippen molar-refractivity contribution in [2.24, 2.45) is 0 Å². The first-order valence-corrected chi connectivity index (χ1v) is 11.2. The summed E-state index contributed by atoms with van der Waals surface area (Å²) in [7, 11) is -3.73. The highest BCUT2D eigenvalue weighted by molar-refractivity contribution is 7.89. The third-order valence-electron chi connectivity index (χ3n) is 4.64. The number of carbonyl (C=O) groups is 2. The van der Waals surface area contributed by atoms with Gasteiger partial charge in [-0.05, 0) is 17.7 Å². The Morgan fingerprint density at radius 1 is 0.967 bits per heavy atom. The van der Waals surface area contributed by atoms with Crippen LogP contribution in [0.15, 0.2) is 59.5 Å². The average Bonchev–Trinajstić information content (AvgIpc) is 2.77. The van der Waals surface area contributed by atoms with Gasteiger partial charge in [-0.15, -0.1) is 0 Å². The van der Waals surface area contributed by atoms with E-state index in [9.17, 15) is 18.0 Å². The first-order valence-electron chi connectivity index (χ1n) is 9.35. The Balaban J connectivity index is 1.45. The van der Waals surface area contributed by atoms with Gasteiger partial charge in [0.05, 0.1) is 5.02 Å². The number of piperazine rings is 1. The molecule has 2 aromatic carbocycles. The fraction of sp³-hybridized carbons (Fsp3) is 0.300. The van der Waals surface area contributed by atoms with Crippen LogP contribution in [-0.2, 0) is 26.2 Å². The molecule has 0 bridgehead atoms. The molecule has 30 heavy (non-hydrogen) atoms. The van der Waals surface area contributed by atoms with Gasteiger partial charge in [0.2, 0.25) is 15.9 Å². The van der Waals surface area contributed by atoms with Gasteiger partial charge in [-0.25, -0.2) is 13.2 Å². The number of alkyl carbamates (subject to hydrolysis) is 1. The van der Waals surface area contributed by atoms with E-state index in [1.807, 2.05) is 30.3 Å². The summed E-state index contributed by atoms with van der Waals surface area (Å²) in [4.78, 5) is 25.7. The maximum absolute atomic E-state index is 12.8. The van der Waals surface area contributed by atoms with Crippen LogP contribution < -0.4 is 5.32 Å². The van der Waals surface area contributed by atoms with Crippen molar-refractivity contribution in [1.29, 1.82) is 0 Å². The number of sulfonamides is 1. The Morgan fingerprint density at radius 2 is 1.60 bits per heavy atom. The molecule has 2 amide bonds. The first-order chi connectivity index (χ1) is 14.4. The molecule has 1 saturated heterocycles. The molecule has 160 valence electrons. The molecule has 0 saturated carbocycles. The standard InChI is InChI=1S/C20H22ClN3O5S/c21-17-8-4-5-9-18(17)30(27,28)24-12-10-23(11-13-24)19(25)14-22-20(26)29-15-16-6-2-1-3-7-16/h1-9H,10-15H2,(H,22,26). The van der Waals surface area contributed by atoms with Crippen LogP contribution in [-0.4, -0.2) is 62.3 Å². The predicted molar refractivity (Wildman–Crippen MR) is 111 cm³/mol. The Morgan fingerprint density at radius 3 is 2.27 bits per heavy atom. The van der Waals surface area contributed by atoms with Crippen LogP contribution in [0.2, 0.25) is 5.02 Å². The molecule has 8 nitrogen and oxygen atoms in total. The van der Waals surface area contributed by atoms with Crippen molar-refractivity contribution in [3.8, 4) is 0 Å². The zero-order valence-corrected chi connectivity index (χ0v) is 17.7. The van der Waals surface area contributed by atoms with Gasteiger partial charge in [0.15, 0.2) is 0 Å². The molecule has 1 fully saturated rings. The molecule has 0 spiro atoms. The molecule has 0 unspecified atom stereocenters. The molecule has 1 aliphatic heterocycles. The predicted octanol–water partition coefficient (Wildman–Crippen LogP) is 2.10. The van der Waals surface area contributed by atoms with E-state index >= 15 is 0 Å². The molecule has 0 aliphatic carbocycles. The number of ether oxygens (including phenoxy) is 1. The highest BCUT2D eigenvalue weighted by Gasteiger charge is 2.31. The lowest BCUT2D eigenvalue weighted by molar-refractivity contribution is -0.131. The number of nitrogens with one attached hydrogen (secondary N) is 1. The second kappa shape index (κ2) is 9.92. The first kappa shape index (κ1) is 22.1. The van der Waals surface area contributed by atoms with Gasteiger partial charge in [0.25, 0.3) is 0 Å². The third-order valence-corrected chi connectivity index (χ3v) is 7.04. The van der Waals surface area contributed by atoms with Crippen LogP contribution in [0, 0.1) is 0 Å². The monoisotopic (exact) mass is 451 g/mol. The molecule has 0 aromatic heterocycles. The lowest BCUT2D eigenvalue weighted by Gasteiger charge is -2.34. The van der Waals surface area contributed by atoms with Gasteiger partial charge in [-0.1, -0.05) is 54.1 Å². The minimum absolute atomic E-state index is 0.0503. The summed E-state index contributed by atoms with van der Waals surface area (Å²) in [6, 6.07) is 15.5. The van der Waals surface area contributed by atoms with Gasteiger partial charge < -0.3 is 15.0 Å². The van der Waals surface area contributed by atoms with Crippen molar-refractivity contribution < 1.29 is 22.7 Å². The van der Waals surface area contributed by atoms with E-state index in [0.717, 1.165) is 5.56 Å². The van der Waals surface area contributed by atoms with Crippen molar-refractivity contribution in [3.63, 3.8) is 0 Å². The Bertz CT molecular complexity index is 993. The van der Waals surface area contributed by atoms with Crippen LogP contribution in [0.1, 0.15) is 5.56 Å². The topological polar surface area (TPSA) is 96.0 Å². The maximum atomic E-state index is 12.8. The van der Waals surface area contributed by atoms with E-state index in [1.54, 1.807) is 12.1 Å². The van der Waals surface area contributed by atoms with Crippen LogP contribution in [0.25, 0.3) is 0 Å². The zero-order chi connectivity index (χ0) is 21.6. The summed E-state index contributed by atoms with van der Waals surface area (Å²) >= 11 is 6.02. The minimum Gasteiger partial charge on any atom is -0.445 e. The quantitative estimate of drug-likeness (QED) is 0.725. The largest absolute Gasteiger partial charge is 0.445 e. The zero-order valence-electron chi connectivity index (χ0n) is 16.2. The number of rotatable bonds is 6.